The van der Waals surface area contributed by atoms with Gasteiger partial charge in [0.05, 0.1) is 6.61 Å². The highest BCUT2D eigenvalue weighted by molar-refractivity contribution is 6.30. The minimum Gasteiger partial charge on any atom is -0.392 e. The third kappa shape index (κ3) is 3.37. The lowest BCUT2D eigenvalue weighted by Gasteiger charge is -2.07. The van der Waals surface area contributed by atoms with Crippen LogP contribution in [0.25, 0.3) is 0 Å². The Morgan fingerprint density at radius 1 is 1.23 bits per heavy atom. The summed E-state index contributed by atoms with van der Waals surface area (Å²) in [5, 5.41) is 9.67. The van der Waals surface area contributed by atoms with E-state index < -0.39 is 0 Å². The zero-order valence-electron chi connectivity index (χ0n) is 8.05. The van der Waals surface area contributed by atoms with Crippen LogP contribution in [0.2, 0.25) is 5.02 Å². The Labute approximate surface area is 84.4 Å². The summed E-state index contributed by atoms with van der Waals surface area (Å²) in [6, 6.07) is 5.76. The van der Waals surface area contributed by atoms with E-state index in [4.69, 9.17) is 16.7 Å². The van der Waals surface area contributed by atoms with Crippen LogP contribution >= 0.6 is 11.6 Å². The summed E-state index contributed by atoms with van der Waals surface area (Å²) in [6.07, 6.45) is 1.01. The van der Waals surface area contributed by atoms with E-state index in [2.05, 4.69) is 13.8 Å². The molecule has 1 nitrogen and oxygen atoms in total. The fraction of sp³-hybridized carbons (Fsp3) is 0.455. The third-order valence-electron chi connectivity index (χ3n) is 1.84. The van der Waals surface area contributed by atoms with Crippen LogP contribution in [0.1, 0.15) is 25.0 Å². The number of hydrogen-bond donors (Lipinski definition) is 1. The van der Waals surface area contributed by atoms with Crippen molar-refractivity contribution < 1.29 is 5.11 Å². The van der Waals surface area contributed by atoms with Gasteiger partial charge in [0.15, 0.2) is 0 Å². The number of halogens is 1. The van der Waals surface area contributed by atoms with Crippen LogP contribution in [0, 0.1) is 5.92 Å². The maximum Gasteiger partial charge on any atom is 0.0682 e. The lowest BCUT2D eigenvalue weighted by atomic mass is 10.0. The maximum absolute atomic E-state index is 8.96. The van der Waals surface area contributed by atoms with Gasteiger partial charge in [-0.2, -0.15) is 0 Å². The van der Waals surface area contributed by atoms with Crippen LogP contribution in [-0.4, -0.2) is 5.11 Å². The second kappa shape index (κ2) is 4.64. The molecule has 0 saturated carbocycles. The molecule has 13 heavy (non-hydrogen) atoms. The second-order valence-corrected chi connectivity index (χ2v) is 4.16. The van der Waals surface area contributed by atoms with Crippen molar-refractivity contribution >= 4 is 11.6 Å². The Kier molecular flexibility index (Phi) is 3.76. The molecular formula is C11H15ClO. The first-order valence-corrected chi connectivity index (χ1v) is 4.89. The number of aliphatic hydroxyl groups excluding tert-OH is 1. The highest BCUT2D eigenvalue weighted by Crippen LogP contribution is 2.17. The van der Waals surface area contributed by atoms with Crippen molar-refractivity contribution in [1.82, 2.24) is 0 Å². The van der Waals surface area contributed by atoms with Gasteiger partial charge in [-0.15, -0.1) is 0 Å². The lowest BCUT2D eigenvalue weighted by Crippen LogP contribution is -1.95. The molecule has 0 fully saturated rings. The molecular weight excluding hydrogens is 184 g/mol. The number of rotatable bonds is 3. The molecule has 0 aliphatic carbocycles. The molecule has 0 aliphatic heterocycles. The van der Waals surface area contributed by atoms with Gasteiger partial charge in [-0.25, -0.2) is 0 Å². The molecule has 0 saturated heterocycles. The van der Waals surface area contributed by atoms with Crippen LogP contribution in [-0.2, 0) is 13.0 Å². The highest BCUT2D eigenvalue weighted by Gasteiger charge is 2.01. The van der Waals surface area contributed by atoms with Gasteiger partial charge in [0.1, 0.15) is 0 Å². The molecule has 0 unspecified atom stereocenters. The molecule has 0 bridgehead atoms. The zero-order valence-corrected chi connectivity index (χ0v) is 8.80. The first-order valence-electron chi connectivity index (χ1n) is 4.51. The second-order valence-electron chi connectivity index (χ2n) is 3.72. The van der Waals surface area contributed by atoms with E-state index in [1.54, 1.807) is 6.07 Å². The van der Waals surface area contributed by atoms with Gasteiger partial charge in [-0.3, -0.25) is 0 Å². The summed E-state index contributed by atoms with van der Waals surface area (Å²) in [5.41, 5.74) is 2.09. The average Bonchev–Trinajstić information content (AvgIpc) is 2.01. The summed E-state index contributed by atoms with van der Waals surface area (Å²) in [4.78, 5) is 0. The van der Waals surface area contributed by atoms with Crippen LogP contribution < -0.4 is 0 Å². The van der Waals surface area contributed by atoms with E-state index in [0.717, 1.165) is 12.0 Å². The molecule has 0 radical (unpaired) electrons. The minimum absolute atomic E-state index is 0.0612. The van der Waals surface area contributed by atoms with E-state index in [9.17, 15) is 0 Å². The Hall–Kier alpha value is -0.530. The first-order chi connectivity index (χ1) is 6.11. The van der Waals surface area contributed by atoms with Crippen molar-refractivity contribution in [3.63, 3.8) is 0 Å². The standard InChI is InChI=1S/C11H15ClO/c1-8(2)3-9-4-10(7-13)6-11(12)5-9/h4-6,8,13H,3,7H2,1-2H3. The van der Waals surface area contributed by atoms with E-state index in [-0.39, 0.29) is 6.61 Å². The normalized spacial score (nSPS) is 10.8. The average molecular weight is 199 g/mol. The number of aliphatic hydroxyl groups is 1. The molecule has 0 heterocycles. The van der Waals surface area contributed by atoms with Crippen LogP contribution in [0.4, 0.5) is 0 Å². The maximum atomic E-state index is 8.96. The third-order valence-corrected chi connectivity index (χ3v) is 2.06. The van der Waals surface area contributed by atoms with Gasteiger partial charge >= 0.3 is 0 Å². The molecule has 72 valence electrons. The van der Waals surface area contributed by atoms with Crippen molar-refractivity contribution in [3.8, 4) is 0 Å². The quantitative estimate of drug-likeness (QED) is 0.792. The van der Waals surface area contributed by atoms with Gasteiger partial charge in [0.2, 0.25) is 0 Å². The fourth-order valence-electron chi connectivity index (χ4n) is 1.40. The van der Waals surface area contributed by atoms with Crippen LogP contribution in [0.5, 0.6) is 0 Å². The molecule has 1 aromatic carbocycles. The lowest BCUT2D eigenvalue weighted by molar-refractivity contribution is 0.281. The SMILES string of the molecule is CC(C)Cc1cc(Cl)cc(CO)c1. The van der Waals surface area contributed by atoms with Gasteiger partial charge < -0.3 is 5.11 Å². The Morgan fingerprint density at radius 3 is 2.38 bits per heavy atom. The topological polar surface area (TPSA) is 20.2 Å². The largest absolute Gasteiger partial charge is 0.392 e. The van der Waals surface area contributed by atoms with Crippen molar-refractivity contribution in [2.24, 2.45) is 5.92 Å². The van der Waals surface area contributed by atoms with Crippen LogP contribution in [0.3, 0.4) is 0 Å². The molecule has 0 aromatic heterocycles. The van der Waals surface area contributed by atoms with Gasteiger partial charge in [0, 0.05) is 5.02 Å². The van der Waals surface area contributed by atoms with E-state index in [0.29, 0.717) is 10.9 Å². The van der Waals surface area contributed by atoms with E-state index >= 15 is 0 Å². The molecule has 0 aliphatic rings. The highest BCUT2D eigenvalue weighted by atomic mass is 35.5. The van der Waals surface area contributed by atoms with Crippen molar-refractivity contribution in [2.75, 3.05) is 0 Å². The molecule has 1 N–H and O–H groups in total. The summed E-state index contributed by atoms with van der Waals surface area (Å²) in [5.74, 6) is 0.616. The predicted octanol–water partition coefficient (Wildman–Crippen LogP) is 3.03. The summed E-state index contributed by atoms with van der Waals surface area (Å²) < 4.78 is 0. The minimum atomic E-state index is 0.0612. The molecule has 1 aromatic rings. The predicted molar refractivity (Wildman–Crippen MR) is 55.9 cm³/mol. The molecule has 0 spiro atoms. The van der Waals surface area contributed by atoms with Crippen LogP contribution in [0.15, 0.2) is 18.2 Å². The Bertz CT molecular complexity index is 281. The Balaban J connectivity index is 2.88. The van der Waals surface area contributed by atoms with Crippen molar-refractivity contribution in [3.05, 3.63) is 34.3 Å². The van der Waals surface area contributed by atoms with E-state index in [1.165, 1.54) is 5.56 Å². The van der Waals surface area contributed by atoms with Gasteiger partial charge in [-0.05, 0) is 35.6 Å². The van der Waals surface area contributed by atoms with Crippen molar-refractivity contribution in [2.45, 2.75) is 26.9 Å². The molecule has 0 amide bonds. The summed E-state index contributed by atoms with van der Waals surface area (Å²) in [6.45, 7) is 4.39. The summed E-state index contributed by atoms with van der Waals surface area (Å²) in [7, 11) is 0. The summed E-state index contributed by atoms with van der Waals surface area (Å²) >= 11 is 5.90. The van der Waals surface area contributed by atoms with Gasteiger partial charge in [0.25, 0.3) is 0 Å². The molecule has 1 rings (SSSR count). The number of benzene rings is 1. The van der Waals surface area contributed by atoms with E-state index in [1.807, 2.05) is 12.1 Å². The molecule has 0 atom stereocenters. The smallest absolute Gasteiger partial charge is 0.0682 e. The zero-order chi connectivity index (χ0) is 9.84. The fourth-order valence-corrected chi connectivity index (χ4v) is 1.68. The first kappa shape index (κ1) is 10.6. The Morgan fingerprint density at radius 2 is 1.85 bits per heavy atom. The number of hydrogen-bond acceptors (Lipinski definition) is 1. The molecule has 2 heteroatoms. The van der Waals surface area contributed by atoms with Gasteiger partial charge in [-0.1, -0.05) is 31.5 Å². The monoisotopic (exact) mass is 198 g/mol. The van der Waals surface area contributed by atoms with Crippen molar-refractivity contribution in [1.29, 1.82) is 0 Å².